The molecule has 1 atom stereocenters. The highest BCUT2D eigenvalue weighted by Crippen LogP contribution is 2.31. The average Bonchev–Trinajstić information content (AvgIpc) is 2.62. The van der Waals surface area contributed by atoms with Crippen molar-refractivity contribution >= 4 is 40.5 Å². The van der Waals surface area contributed by atoms with E-state index in [2.05, 4.69) is 16.0 Å². The van der Waals surface area contributed by atoms with E-state index in [0.29, 0.717) is 32.8 Å². The fourth-order valence-electron chi connectivity index (χ4n) is 2.86. The van der Waals surface area contributed by atoms with Gasteiger partial charge in [-0.25, -0.2) is 0 Å². The lowest BCUT2D eigenvalue weighted by atomic mass is 9.95. The summed E-state index contributed by atoms with van der Waals surface area (Å²) in [6, 6.07) is 14.4. The molecule has 0 saturated heterocycles. The SMILES string of the molecule is COc1ccc(Cl)cc1NC(=O)C1=C(C)NC(=S)NC1c1ccccc1. The Bertz CT molecular complexity index is 884. The summed E-state index contributed by atoms with van der Waals surface area (Å²) in [7, 11) is 1.54. The Morgan fingerprint density at radius 1 is 1.23 bits per heavy atom. The van der Waals surface area contributed by atoms with Gasteiger partial charge in [-0.05, 0) is 42.9 Å². The minimum Gasteiger partial charge on any atom is -0.495 e. The Labute approximate surface area is 162 Å². The van der Waals surface area contributed by atoms with Crippen LogP contribution in [0.3, 0.4) is 0 Å². The molecule has 0 spiro atoms. The summed E-state index contributed by atoms with van der Waals surface area (Å²) in [6.07, 6.45) is 0. The Hall–Kier alpha value is -2.57. The lowest BCUT2D eigenvalue weighted by Crippen LogP contribution is -2.45. The maximum absolute atomic E-state index is 13.1. The molecule has 3 N–H and O–H groups in total. The zero-order valence-corrected chi connectivity index (χ0v) is 15.9. The second-order valence-electron chi connectivity index (χ2n) is 5.78. The van der Waals surface area contributed by atoms with Crippen LogP contribution in [0.25, 0.3) is 0 Å². The summed E-state index contributed by atoms with van der Waals surface area (Å²) in [5.74, 6) is 0.268. The number of hydrogen-bond donors (Lipinski definition) is 3. The van der Waals surface area contributed by atoms with E-state index in [4.69, 9.17) is 28.6 Å². The maximum atomic E-state index is 13.1. The van der Waals surface area contributed by atoms with Crippen molar-refractivity contribution in [1.82, 2.24) is 10.6 Å². The standard InChI is InChI=1S/C19H18ClN3O2S/c1-11-16(17(23-19(26)21-11)12-6-4-3-5-7-12)18(24)22-14-10-13(20)8-9-15(14)25-2/h3-10,17H,1-2H3,(H,22,24)(H2,21,23,26). The Balaban J connectivity index is 1.97. The molecule has 0 bridgehead atoms. The highest BCUT2D eigenvalue weighted by atomic mass is 35.5. The van der Waals surface area contributed by atoms with E-state index in [9.17, 15) is 4.79 Å². The Morgan fingerprint density at radius 2 is 1.96 bits per heavy atom. The van der Waals surface area contributed by atoms with Crippen LogP contribution in [0.2, 0.25) is 5.02 Å². The first kappa shape index (κ1) is 18.2. The molecule has 1 aliphatic heterocycles. The first-order valence-corrected chi connectivity index (χ1v) is 8.76. The molecule has 0 fully saturated rings. The number of ether oxygens (including phenoxy) is 1. The first-order valence-electron chi connectivity index (χ1n) is 7.97. The van der Waals surface area contributed by atoms with E-state index < -0.39 is 0 Å². The molecule has 3 rings (SSSR count). The number of methoxy groups -OCH3 is 1. The number of anilines is 1. The predicted molar refractivity (Wildman–Crippen MR) is 107 cm³/mol. The smallest absolute Gasteiger partial charge is 0.255 e. The van der Waals surface area contributed by atoms with Gasteiger partial charge in [-0.15, -0.1) is 0 Å². The van der Waals surface area contributed by atoms with Gasteiger partial charge in [0.05, 0.1) is 24.4 Å². The number of halogens is 1. The molecule has 5 nitrogen and oxygen atoms in total. The third kappa shape index (κ3) is 3.81. The molecule has 0 aromatic heterocycles. The number of amides is 1. The molecule has 0 saturated carbocycles. The van der Waals surface area contributed by atoms with Crippen molar-refractivity contribution in [3.63, 3.8) is 0 Å². The van der Waals surface area contributed by atoms with Gasteiger partial charge >= 0.3 is 0 Å². The molecule has 7 heteroatoms. The highest BCUT2D eigenvalue weighted by Gasteiger charge is 2.30. The van der Waals surface area contributed by atoms with Gasteiger partial charge < -0.3 is 20.7 Å². The van der Waals surface area contributed by atoms with Crippen molar-refractivity contribution in [1.29, 1.82) is 0 Å². The number of carbonyl (C=O) groups is 1. The van der Waals surface area contributed by atoms with Gasteiger partial charge in [0.15, 0.2) is 5.11 Å². The number of rotatable bonds is 4. The second-order valence-corrected chi connectivity index (χ2v) is 6.62. The minimum absolute atomic E-state index is 0.264. The summed E-state index contributed by atoms with van der Waals surface area (Å²) in [4.78, 5) is 13.1. The lowest BCUT2D eigenvalue weighted by molar-refractivity contribution is -0.113. The molecule has 0 aliphatic carbocycles. The van der Waals surface area contributed by atoms with E-state index >= 15 is 0 Å². The zero-order chi connectivity index (χ0) is 18.7. The van der Waals surface area contributed by atoms with Gasteiger partial charge in [-0.1, -0.05) is 41.9 Å². The van der Waals surface area contributed by atoms with Crippen molar-refractivity contribution in [3.05, 3.63) is 70.4 Å². The molecule has 1 unspecified atom stereocenters. The molecule has 1 amide bonds. The quantitative estimate of drug-likeness (QED) is 0.697. The van der Waals surface area contributed by atoms with Crippen molar-refractivity contribution in [2.75, 3.05) is 12.4 Å². The van der Waals surface area contributed by atoms with Crippen LogP contribution in [0.5, 0.6) is 5.75 Å². The monoisotopic (exact) mass is 387 g/mol. The minimum atomic E-state index is -0.352. The summed E-state index contributed by atoms with van der Waals surface area (Å²) in [6.45, 7) is 1.83. The van der Waals surface area contributed by atoms with E-state index in [-0.39, 0.29) is 11.9 Å². The van der Waals surface area contributed by atoms with Crippen molar-refractivity contribution < 1.29 is 9.53 Å². The van der Waals surface area contributed by atoms with E-state index in [1.165, 1.54) is 0 Å². The molecular formula is C19H18ClN3O2S. The normalized spacial score (nSPS) is 16.6. The number of benzene rings is 2. The molecule has 1 aliphatic rings. The van der Waals surface area contributed by atoms with Crippen LogP contribution in [0, 0.1) is 0 Å². The van der Waals surface area contributed by atoms with E-state index in [1.54, 1.807) is 25.3 Å². The maximum Gasteiger partial charge on any atom is 0.255 e. The predicted octanol–water partition coefficient (Wildman–Crippen LogP) is 3.78. The van der Waals surface area contributed by atoms with Crippen LogP contribution in [-0.2, 0) is 4.79 Å². The molecule has 26 heavy (non-hydrogen) atoms. The first-order chi connectivity index (χ1) is 12.5. The fourth-order valence-corrected chi connectivity index (χ4v) is 3.30. The van der Waals surface area contributed by atoms with Gasteiger partial charge in [-0.2, -0.15) is 0 Å². The van der Waals surface area contributed by atoms with Crippen LogP contribution in [0.4, 0.5) is 5.69 Å². The number of carbonyl (C=O) groups excluding carboxylic acids is 1. The third-order valence-electron chi connectivity index (χ3n) is 4.06. The van der Waals surface area contributed by atoms with Gasteiger partial charge in [0, 0.05) is 10.7 Å². The lowest BCUT2D eigenvalue weighted by Gasteiger charge is -2.30. The van der Waals surface area contributed by atoms with Crippen LogP contribution in [0.15, 0.2) is 59.8 Å². The van der Waals surface area contributed by atoms with Crippen molar-refractivity contribution in [2.24, 2.45) is 0 Å². The van der Waals surface area contributed by atoms with Crippen LogP contribution < -0.4 is 20.7 Å². The molecule has 134 valence electrons. The Kier molecular flexibility index (Phi) is 5.44. The summed E-state index contributed by atoms with van der Waals surface area (Å²) < 4.78 is 5.30. The van der Waals surface area contributed by atoms with Crippen molar-refractivity contribution in [2.45, 2.75) is 13.0 Å². The molecule has 2 aromatic rings. The van der Waals surface area contributed by atoms with Crippen LogP contribution in [-0.4, -0.2) is 18.1 Å². The second kappa shape index (κ2) is 7.76. The third-order valence-corrected chi connectivity index (χ3v) is 4.51. The van der Waals surface area contributed by atoms with Crippen LogP contribution in [0.1, 0.15) is 18.5 Å². The van der Waals surface area contributed by atoms with E-state index in [0.717, 1.165) is 5.56 Å². The van der Waals surface area contributed by atoms with Gasteiger partial charge in [0.1, 0.15) is 5.75 Å². The molecular weight excluding hydrogens is 370 g/mol. The largest absolute Gasteiger partial charge is 0.495 e. The number of allylic oxidation sites excluding steroid dienone is 1. The number of hydrogen-bond acceptors (Lipinski definition) is 3. The molecule has 2 aromatic carbocycles. The average molecular weight is 388 g/mol. The topological polar surface area (TPSA) is 62.4 Å². The molecule has 1 heterocycles. The summed E-state index contributed by atoms with van der Waals surface area (Å²) in [5, 5.41) is 10.1. The van der Waals surface area contributed by atoms with Crippen LogP contribution >= 0.6 is 23.8 Å². The highest BCUT2D eigenvalue weighted by molar-refractivity contribution is 7.80. The van der Waals surface area contributed by atoms with E-state index in [1.807, 2.05) is 37.3 Å². The summed E-state index contributed by atoms with van der Waals surface area (Å²) in [5.41, 5.74) is 2.69. The summed E-state index contributed by atoms with van der Waals surface area (Å²) >= 11 is 11.3. The van der Waals surface area contributed by atoms with Gasteiger partial charge in [-0.3, -0.25) is 4.79 Å². The number of thiocarbonyl (C=S) groups is 1. The van der Waals surface area contributed by atoms with Gasteiger partial charge in [0.2, 0.25) is 0 Å². The molecule has 0 radical (unpaired) electrons. The van der Waals surface area contributed by atoms with Gasteiger partial charge in [0.25, 0.3) is 5.91 Å². The zero-order valence-electron chi connectivity index (χ0n) is 14.3. The Morgan fingerprint density at radius 3 is 2.65 bits per heavy atom. The fraction of sp³-hybridized carbons (Fsp3) is 0.158. The van der Waals surface area contributed by atoms with Crippen molar-refractivity contribution in [3.8, 4) is 5.75 Å². The number of nitrogens with one attached hydrogen (secondary N) is 3.